The third kappa shape index (κ3) is 3.95. The Morgan fingerprint density at radius 2 is 2.04 bits per heavy atom. The zero-order valence-corrected chi connectivity index (χ0v) is 15.2. The third-order valence-corrected chi connectivity index (χ3v) is 4.61. The number of nitrogens with one attached hydrogen (secondary N) is 1. The zero-order chi connectivity index (χ0) is 17.8. The molecule has 1 saturated heterocycles. The second-order valence-corrected chi connectivity index (χ2v) is 6.64. The maximum Gasteiger partial charge on any atom is 0.144 e. The number of rotatable bonds is 4. The van der Waals surface area contributed by atoms with Crippen LogP contribution in [0.15, 0.2) is 30.6 Å². The van der Waals surface area contributed by atoms with Gasteiger partial charge in [0.15, 0.2) is 0 Å². The van der Waals surface area contributed by atoms with Gasteiger partial charge in [0.1, 0.15) is 22.6 Å². The molecule has 8 heteroatoms. The molecule has 0 atom stereocenters. The lowest BCUT2D eigenvalue weighted by Crippen LogP contribution is -2.46. The normalized spacial score (nSPS) is 15.0. The smallest absolute Gasteiger partial charge is 0.144 e. The first-order chi connectivity index (χ1) is 12.1. The molecule has 0 unspecified atom stereocenters. The topological polar surface area (TPSA) is 106 Å². The Bertz CT molecular complexity index is 822. The average molecular weight is 400 g/mol. The van der Waals surface area contributed by atoms with Crippen LogP contribution in [0, 0.1) is 16.7 Å². The fourth-order valence-electron chi connectivity index (χ4n) is 2.95. The van der Waals surface area contributed by atoms with Crippen LogP contribution in [0.5, 0.6) is 0 Å². The van der Waals surface area contributed by atoms with Crippen LogP contribution in [-0.2, 0) is 6.54 Å². The van der Waals surface area contributed by atoms with E-state index in [0.717, 1.165) is 38.3 Å². The van der Waals surface area contributed by atoms with E-state index < -0.39 is 0 Å². The molecule has 0 aliphatic carbocycles. The van der Waals surface area contributed by atoms with Gasteiger partial charge in [0.25, 0.3) is 0 Å². The molecule has 1 aliphatic rings. The summed E-state index contributed by atoms with van der Waals surface area (Å²) in [6, 6.07) is 9.89. The second kappa shape index (κ2) is 7.59. The minimum atomic E-state index is 0.191. The lowest BCUT2D eigenvalue weighted by Gasteiger charge is -2.36. The number of aromatic nitrogens is 2. The van der Waals surface area contributed by atoms with Crippen molar-refractivity contribution in [2.75, 3.05) is 36.8 Å². The number of benzene rings is 1. The van der Waals surface area contributed by atoms with E-state index in [1.807, 2.05) is 24.3 Å². The van der Waals surface area contributed by atoms with Crippen molar-refractivity contribution in [3.05, 3.63) is 47.3 Å². The predicted molar refractivity (Wildman–Crippen MR) is 101 cm³/mol. The Morgan fingerprint density at radius 3 is 2.72 bits per heavy atom. The molecule has 3 rings (SSSR count). The van der Waals surface area contributed by atoms with E-state index in [0.29, 0.717) is 22.8 Å². The quantitative estimate of drug-likeness (QED) is 0.761. The van der Waals surface area contributed by atoms with Gasteiger partial charge in [-0.1, -0.05) is 12.1 Å². The van der Waals surface area contributed by atoms with Crippen LogP contribution in [0.2, 0.25) is 0 Å². The molecule has 25 heavy (non-hydrogen) atoms. The Labute approximate surface area is 154 Å². The number of halogens is 1. The second-order valence-electron chi connectivity index (χ2n) is 5.85. The van der Waals surface area contributed by atoms with Crippen LogP contribution in [0.1, 0.15) is 16.7 Å². The summed E-state index contributed by atoms with van der Waals surface area (Å²) in [5, 5.41) is 16.9. The van der Waals surface area contributed by atoms with Crippen molar-refractivity contribution in [1.82, 2.24) is 14.9 Å². The molecule has 1 aromatic carbocycles. The first kappa shape index (κ1) is 17.3. The Kier molecular flexibility index (Phi) is 5.26. The van der Waals surface area contributed by atoms with Crippen molar-refractivity contribution < 1.29 is 0 Å². The number of nitrogens with zero attached hydrogens (tertiary/aromatic N) is 5. The molecule has 7 nitrogen and oxygen atoms in total. The van der Waals surface area contributed by atoms with Gasteiger partial charge in [-0.15, -0.1) is 0 Å². The fourth-order valence-corrected chi connectivity index (χ4v) is 3.34. The van der Waals surface area contributed by atoms with E-state index in [-0.39, 0.29) is 4.62 Å². The summed E-state index contributed by atoms with van der Waals surface area (Å²) < 4.78 is 0.191. The molecule has 0 radical (unpaired) electrons. The summed E-state index contributed by atoms with van der Waals surface area (Å²) in [7, 11) is 0. The van der Waals surface area contributed by atoms with Crippen LogP contribution in [0.25, 0.3) is 0 Å². The van der Waals surface area contributed by atoms with Gasteiger partial charge in [-0.25, -0.2) is 9.97 Å². The highest BCUT2D eigenvalue weighted by molar-refractivity contribution is 9.18. The lowest BCUT2D eigenvalue weighted by molar-refractivity contribution is 0.249. The molecule has 3 N–H and O–H groups in total. The van der Waals surface area contributed by atoms with Gasteiger partial charge in [0, 0.05) is 32.7 Å². The van der Waals surface area contributed by atoms with E-state index >= 15 is 0 Å². The number of nitriles is 1. The van der Waals surface area contributed by atoms with Gasteiger partial charge >= 0.3 is 0 Å². The molecule has 0 bridgehead atoms. The van der Waals surface area contributed by atoms with Gasteiger partial charge in [0.05, 0.1) is 17.2 Å². The minimum Gasteiger partial charge on any atom is -0.383 e. The number of hydrogen-bond acceptors (Lipinski definition) is 7. The van der Waals surface area contributed by atoms with Crippen molar-refractivity contribution in [3.8, 4) is 6.07 Å². The molecular weight excluding hydrogens is 382 g/mol. The highest BCUT2D eigenvalue weighted by Crippen LogP contribution is 2.25. The van der Waals surface area contributed by atoms with Gasteiger partial charge in [-0.2, -0.15) is 5.26 Å². The van der Waals surface area contributed by atoms with Crippen LogP contribution in [-0.4, -0.2) is 45.7 Å². The van der Waals surface area contributed by atoms with Gasteiger partial charge in [-0.3, -0.25) is 10.3 Å². The molecule has 128 valence electrons. The van der Waals surface area contributed by atoms with Gasteiger partial charge < -0.3 is 10.6 Å². The summed E-state index contributed by atoms with van der Waals surface area (Å²) in [5.41, 5.74) is 8.27. The Balaban J connectivity index is 1.67. The maximum atomic E-state index is 9.01. The molecule has 0 saturated carbocycles. The van der Waals surface area contributed by atoms with Crippen molar-refractivity contribution in [1.29, 1.82) is 10.7 Å². The highest BCUT2D eigenvalue weighted by atomic mass is 79.9. The van der Waals surface area contributed by atoms with Crippen molar-refractivity contribution >= 4 is 32.2 Å². The van der Waals surface area contributed by atoms with Crippen molar-refractivity contribution in [2.45, 2.75) is 6.54 Å². The fraction of sp³-hybridized carbons (Fsp3) is 0.294. The monoisotopic (exact) mass is 399 g/mol. The molecular formula is C17H18BrN7. The number of piperazine rings is 1. The van der Waals surface area contributed by atoms with E-state index in [1.54, 1.807) is 0 Å². The van der Waals surface area contributed by atoms with E-state index in [2.05, 4.69) is 41.8 Å². The standard InChI is InChI=1S/C17H18BrN7/c18-15(20)14-16(21)22-11-23-17(14)25-6-4-24(5-7-25)10-13-3-1-2-12(8-13)9-19/h1-3,8,11,20H,4-7,10H2,(H2,21,22,23). The van der Waals surface area contributed by atoms with Crippen LogP contribution in [0.3, 0.4) is 0 Å². The molecule has 1 aliphatic heterocycles. The Morgan fingerprint density at radius 1 is 1.28 bits per heavy atom. The summed E-state index contributed by atoms with van der Waals surface area (Å²) >= 11 is 3.18. The molecule has 2 aromatic rings. The molecule has 1 fully saturated rings. The highest BCUT2D eigenvalue weighted by Gasteiger charge is 2.23. The number of nitrogens with two attached hydrogens (primary N) is 1. The van der Waals surface area contributed by atoms with Crippen molar-refractivity contribution in [2.24, 2.45) is 0 Å². The summed E-state index contributed by atoms with van der Waals surface area (Å²) in [6.07, 6.45) is 1.43. The van der Waals surface area contributed by atoms with E-state index in [1.165, 1.54) is 6.33 Å². The van der Waals surface area contributed by atoms with Crippen LogP contribution >= 0.6 is 15.9 Å². The zero-order valence-electron chi connectivity index (χ0n) is 13.6. The number of nitrogen functional groups attached to an aromatic ring is 1. The maximum absolute atomic E-state index is 9.01. The van der Waals surface area contributed by atoms with Crippen molar-refractivity contribution in [3.63, 3.8) is 0 Å². The first-order valence-corrected chi connectivity index (χ1v) is 8.69. The van der Waals surface area contributed by atoms with E-state index in [4.69, 9.17) is 16.4 Å². The summed E-state index contributed by atoms with van der Waals surface area (Å²) in [5.74, 6) is 1.00. The van der Waals surface area contributed by atoms with Crippen LogP contribution in [0.4, 0.5) is 11.6 Å². The number of hydrogen-bond donors (Lipinski definition) is 2. The number of anilines is 2. The SMILES string of the molecule is N#Cc1cccc(CN2CCN(c3ncnc(N)c3C(=N)Br)CC2)c1. The molecule has 0 amide bonds. The third-order valence-electron chi connectivity index (χ3n) is 4.21. The first-order valence-electron chi connectivity index (χ1n) is 7.89. The van der Waals surface area contributed by atoms with Crippen LogP contribution < -0.4 is 10.6 Å². The summed E-state index contributed by atoms with van der Waals surface area (Å²) in [4.78, 5) is 12.8. The minimum absolute atomic E-state index is 0.191. The largest absolute Gasteiger partial charge is 0.383 e. The molecule has 1 aromatic heterocycles. The van der Waals surface area contributed by atoms with E-state index in [9.17, 15) is 0 Å². The van der Waals surface area contributed by atoms with Gasteiger partial charge in [-0.05, 0) is 33.6 Å². The molecule has 0 spiro atoms. The average Bonchev–Trinajstić information content (AvgIpc) is 2.62. The Hall–Kier alpha value is -2.50. The van der Waals surface area contributed by atoms with Gasteiger partial charge in [0.2, 0.25) is 0 Å². The predicted octanol–water partition coefficient (Wildman–Crippen LogP) is 1.97. The summed E-state index contributed by atoms with van der Waals surface area (Å²) in [6.45, 7) is 4.14. The molecule has 2 heterocycles. The lowest BCUT2D eigenvalue weighted by atomic mass is 10.1.